The molecule has 0 aliphatic carbocycles. The van der Waals surface area contributed by atoms with Gasteiger partial charge >= 0.3 is 5.97 Å². The average molecular weight is 310 g/mol. The van der Waals surface area contributed by atoms with Gasteiger partial charge in [-0.2, -0.15) is 10.1 Å². The molecule has 2 aromatic rings. The molecular weight excluding hydrogens is 296 g/mol. The summed E-state index contributed by atoms with van der Waals surface area (Å²) in [5, 5.41) is 6.09. The van der Waals surface area contributed by atoms with Gasteiger partial charge < -0.3 is 4.74 Å². The van der Waals surface area contributed by atoms with Gasteiger partial charge in [-0.1, -0.05) is 0 Å². The number of methoxy groups -OCH3 is 1. The number of H-pyrrole nitrogens is 1. The van der Waals surface area contributed by atoms with E-state index in [0.717, 1.165) is 4.31 Å². The summed E-state index contributed by atoms with van der Waals surface area (Å²) in [7, 11) is -1.16. The van der Waals surface area contributed by atoms with Crippen molar-refractivity contribution in [2.24, 2.45) is 0 Å². The number of carbonyl (C=O) groups is 1. The van der Waals surface area contributed by atoms with Crippen LogP contribution in [0, 0.1) is 6.92 Å². The number of carbonyl (C=O) groups excluding carboxylic acids is 1. The van der Waals surface area contributed by atoms with E-state index in [-0.39, 0.29) is 10.8 Å². The van der Waals surface area contributed by atoms with Crippen molar-refractivity contribution >= 4 is 21.9 Å². The third-order valence-corrected chi connectivity index (χ3v) is 4.71. The molecule has 0 amide bonds. The molecule has 0 bridgehead atoms. The first-order valence-electron chi connectivity index (χ1n) is 5.91. The molecule has 0 fully saturated rings. The second-order valence-electron chi connectivity index (χ2n) is 4.25. The van der Waals surface area contributed by atoms with E-state index in [1.807, 2.05) is 0 Å². The van der Waals surface area contributed by atoms with E-state index in [1.54, 1.807) is 6.92 Å². The summed E-state index contributed by atoms with van der Waals surface area (Å²) >= 11 is 0. The van der Waals surface area contributed by atoms with Crippen molar-refractivity contribution < 1.29 is 17.9 Å². The SMILES string of the molecule is COC(=O)c1ccc(S(=O)(=O)N(C)c2ncn[nH]2)cc1C. The van der Waals surface area contributed by atoms with Crippen molar-refractivity contribution in [3.8, 4) is 0 Å². The van der Waals surface area contributed by atoms with Gasteiger partial charge in [0, 0.05) is 7.05 Å². The minimum atomic E-state index is -3.79. The lowest BCUT2D eigenvalue weighted by Gasteiger charge is -2.16. The lowest BCUT2D eigenvalue weighted by atomic mass is 10.1. The van der Waals surface area contributed by atoms with Crippen LogP contribution in [0.15, 0.2) is 29.4 Å². The zero-order valence-corrected chi connectivity index (χ0v) is 12.5. The van der Waals surface area contributed by atoms with Crippen molar-refractivity contribution in [2.75, 3.05) is 18.5 Å². The molecule has 0 atom stereocenters. The van der Waals surface area contributed by atoms with Crippen molar-refractivity contribution in [1.82, 2.24) is 15.2 Å². The van der Waals surface area contributed by atoms with Gasteiger partial charge in [0.05, 0.1) is 17.6 Å². The number of hydrogen-bond donors (Lipinski definition) is 1. The summed E-state index contributed by atoms with van der Waals surface area (Å²) in [6.07, 6.45) is 1.22. The highest BCUT2D eigenvalue weighted by atomic mass is 32.2. The molecule has 1 aromatic carbocycles. The van der Waals surface area contributed by atoms with Gasteiger partial charge in [-0.3, -0.25) is 0 Å². The number of aryl methyl sites for hydroxylation is 1. The molecule has 112 valence electrons. The Morgan fingerprint density at radius 1 is 1.38 bits per heavy atom. The standard InChI is InChI=1S/C12H14N4O4S/c1-8-6-9(4-5-10(8)11(17)20-3)21(18,19)16(2)12-13-7-14-15-12/h4-7H,1-3H3,(H,13,14,15). The minimum Gasteiger partial charge on any atom is -0.465 e. The van der Waals surface area contributed by atoms with E-state index in [2.05, 4.69) is 19.9 Å². The predicted octanol–water partition coefficient (Wildman–Crippen LogP) is 0.725. The quantitative estimate of drug-likeness (QED) is 0.834. The van der Waals surface area contributed by atoms with Crippen LogP contribution in [-0.2, 0) is 14.8 Å². The Kier molecular flexibility index (Phi) is 3.94. The molecule has 8 nitrogen and oxygen atoms in total. The Morgan fingerprint density at radius 2 is 2.10 bits per heavy atom. The molecule has 1 N–H and O–H groups in total. The van der Waals surface area contributed by atoms with E-state index >= 15 is 0 Å². The van der Waals surface area contributed by atoms with Crippen LogP contribution >= 0.6 is 0 Å². The van der Waals surface area contributed by atoms with E-state index in [1.165, 1.54) is 38.7 Å². The number of anilines is 1. The maximum atomic E-state index is 12.5. The van der Waals surface area contributed by atoms with Crippen LogP contribution in [0.4, 0.5) is 5.95 Å². The van der Waals surface area contributed by atoms with E-state index in [0.29, 0.717) is 11.1 Å². The third kappa shape index (κ3) is 2.72. The average Bonchev–Trinajstić information content (AvgIpc) is 2.99. The molecular formula is C12H14N4O4S. The highest BCUT2D eigenvalue weighted by Gasteiger charge is 2.24. The molecule has 0 radical (unpaired) electrons. The largest absolute Gasteiger partial charge is 0.465 e. The van der Waals surface area contributed by atoms with E-state index < -0.39 is 16.0 Å². The maximum absolute atomic E-state index is 12.5. The number of sulfonamides is 1. The second-order valence-corrected chi connectivity index (χ2v) is 6.22. The molecule has 9 heteroatoms. The smallest absolute Gasteiger partial charge is 0.338 e. The van der Waals surface area contributed by atoms with Crippen LogP contribution in [0.2, 0.25) is 0 Å². The van der Waals surface area contributed by atoms with Gasteiger partial charge in [0.15, 0.2) is 0 Å². The van der Waals surface area contributed by atoms with Gasteiger partial charge in [-0.25, -0.2) is 22.6 Å². The first-order valence-corrected chi connectivity index (χ1v) is 7.35. The van der Waals surface area contributed by atoms with Gasteiger partial charge in [0.1, 0.15) is 6.33 Å². The fraction of sp³-hybridized carbons (Fsp3) is 0.250. The number of benzene rings is 1. The van der Waals surface area contributed by atoms with Gasteiger partial charge in [-0.05, 0) is 30.7 Å². The topological polar surface area (TPSA) is 105 Å². The number of ether oxygens (including phenoxy) is 1. The van der Waals surface area contributed by atoms with Gasteiger partial charge in [0.25, 0.3) is 10.0 Å². The van der Waals surface area contributed by atoms with Crippen molar-refractivity contribution in [3.63, 3.8) is 0 Å². The van der Waals surface area contributed by atoms with Crippen molar-refractivity contribution in [2.45, 2.75) is 11.8 Å². The van der Waals surface area contributed by atoms with Crippen molar-refractivity contribution in [1.29, 1.82) is 0 Å². The molecule has 0 saturated carbocycles. The fourth-order valence-electron chi connectivity index (χ4n) is 1.76. The van der Waals surface area contributed by atoms with Crippen LogP contribution in [0.3, 0.4) is 0 Å². The number of aromatic amines is 1. The first-order chi connectivity index (χ1) is 9.87. The lowest BCUT2D eigenvalue weighted by Crippen LogP contribution is -2.27. The monoisotopic (exact) mass is 310 g/mol. The zero-order chi connectivity index (χ0) is 15.6. The summed E-state index contributed by atoms with van der Waals surface area (Å²) in [5.41, 5.74) is 0.827. The molecule has 0 unspecified atom stereocenters. The Labute approximate surface area is 121 Å². The van der Waals surface area contributed by atoms with Crippen LogP contribution in [0.5, 0.6) is 0 Å². The molecule has 1 aromatic heterocycles. The van der Waals surface area contributed by atoms with Crippen molar-refractivity contribution in [3.05, 3.63) is 35.7 Å². The lowest BCUT2D eigenvalue weighted by molar-refractivity contribution is 0.0600. The number of hydrogen-bond acceptors (Lipinski definition) is 6. The summed E-state index contributed by atoms with van der Waals surface area (Å²) in [5.74, 6) is -0.412. The normalized spacial score (nSPS) is 11.2. The van der Waals surface area contributed by atoms with Crippen LogP contribution in [0.1, 0.15) is 15.9 Å². The highest BCUT2D eigenvalue weighted by Crippen LogP contribution is 2.21. The maximum Gasteiger partial charge on any atom is 0.338 e. The Morgan fingerprint density at radius 3 is 2.62 bits per heavy atom. The number of nitrogens with one attached hydrogen (secondary N) is 1. The van der Waals surface area contributed by atoms with Crippen LogP contribution in [0.25, 0.3) is 0 Å². The summed E-state index contributed by atoms with van der Waals surface area (Å²) in [6.45, 7) is 1.64. The van der Waals surface area contributed by atoms with Gasteiger partial charge in [-0.15, -0.1) is 0 Å². The second kappa shape index (κ2) is 5.52. The van der Waals surface area contributed by atoms with E-state index in [9.17, 15) is 13.2 Å². The minimum absolute atomic E-state index is 0.0477. The number of nitrogens with zero attached hydrogens (tertiary/aromatic N) is 3. The van der Waals surface area contributed by atoms with E-state index in [4.69, 9.17) is 0 Å². The molecule has 0 saturated heterocycles. The zero-order valence-electron chi connectivity index (χ0n) is 11.7. The molecule has 0 aliphatic heterocycles. The fourth-order valence-corrected chi connectivity index (χ4v) is 2.96. The molecule has 21 heavy (non-hydrogen) atoms. The Hall–Kier alpha value is -2.42. The number of rotatable bonds is 4. The van der Waals surface area contributed by atoms with Crippen LogP contribution in [-0.4, -0.2) is 43.7 Å². The number of esters is 1. The highest BCUT2D eigenvalue weighted by molar-refractivity contribution is 7.92. The summed E-state index contributed by atoms with van der Waals surface area (Å²) < 4.78 is 30.5. The molecule has 1 heterocycles. The molecule has 0 aliphatic rings. The van der Waals surface area contributed by atoms with Crippen LogP contribution < -0.4 is 4.31 Å². The summed E-state index contributed by atoms with van der Waals surface area (Å²) in [6, 6.07) is 4.18. The predicted molar refractivity (Wildman–Crippen MR) is 74.5 cm³/mol. The number of aromatic nitrogens is 3. The molecule has 0 spiro atoms. The van der Waals surface area contributed by atoms with Gasteiger partial charge in [0.2, 0.25) is 5.95 Å². The molecule has 2 rings (SSSR count). The summed E-state index contributed by atoms with van der Waals surface area (Å²) in [4.78, 5) is 15.4. The third-order valence-electron chi connectivity index (χ3n) is 2.96. The Balaban J connectivity index is 2.42. The first kappa shape index (κ1) is 15.0. The Bertz CT molecular complexity index is 756.